The molecule has 7 fully saturated rings. The number of likely N-dealkylation sites (tertiary alicyclic amines) is 1. The molecule has 2 unspecified atom stereocenters. The van der Waals surface area contributed by atoms with Gasteiger partial charge in [0, 0.05) is 134 Å². The van der Waals surface area contributed by atoms with Crippen LogP contribution in [-0.2, 0) is 29.1 Å². The van der Waals surface area contributed by atoms with E-state index in [1.165, 1.54) is 57.1 Å². The molecule has 6 aliphatic heterocycles. The predicted molar refractivity (Wildman–Crippen MR) is 323 cm³/mol. The minimum atomic E-state index is -3.29. The van der Waals surface area contributed by atoms with E-state index in [1.54, 1.807) is 55.1 Å². The molecule has 2 atom stereocenters. The van der Waals surface area contributed by atoms with Crippen molar-refractivity contribution in [3.8, 4) is 6.07 Å². The van der Waals surface area contributed by atoms with Crippen molar-refractivity contribution in [2.24, 2.45) is 0 Å². The number of amides is 2. The number of fused-ring (bicyclic) bond motifs is 2. The van der Waals surface area contributed by atoms with Gasteiger partial charge in [0.05, 0.1) is 61.7 Å². The van der Waals surface area contributed by atoms with Gasteiger partial charge in [-0.2, -0.15) is 5.26 Å². The number of carbonyl (C=O) groups is 2. The number of carbonyl (C=O) groups excluding carboxylic acids is 2. The van der Waals surface area contributed by atoms with Crippen LogP contribution in [0.1, 0.15) is 108 Å². The number of nitrogens with zero attached hydrogens (tertiary/aromatic N) is 9. The summed E-state index contributed by atoms with van der Waals surface area (Å²) in [5.41, 5.74) is 3.96. The number of rotatable bonds is 10. The van der Waals surface area contributed by atoms with Crippen molar-refractivity contribution in [3.05, 3.63) is 75.0 Å². The maximum atomic E-state index is 14.3. The quantitative estimate of drug-likeness (QED) is 0.176. The Morgan fingerprint density at radius 2 is 0.963 bits per heavy atom. The monoisotopic (exact) mass is 1210 g/mol. The van der Waals surface area contributed by atoms with Crippen LogP contribution in [0.3, 0.4) is 0 Å². The normalized spacial score (nSPS) is 22.8. The maximum absolute atomic E-state index is 14.3. The largest absolute Gasteiger partial charge is 0.450 e. The summed E-state index contributed by atoms with van der Waals surface area (Å²) in [5.74, 6) is -0.326. The number of piperazine rings is 3. The number of halogens is 3. The van der Waals surface area contributed by atoms with E-state index in [0.717, 1.165) is 148 Å². The van der Waals surface area contributed by atoms with Gasteiger partial charge in [-0.05, 0) is 133 Å². The molecule has 1 aliphatic carbocycles. The van der Waals surface area contributed by atoms with Gasteiger partial charge in [0.2, 0.25) is 0 Å². The summed E-state index contributed by atoms with van der Waals surface area (Å²) < 4.78 is 72.8. The average Bonchev–Trinajstić information content (AvgIpc) is 3.79. The number of benzene rings is 3. The van der Waals surface area contributed by atoms with Gasteiger partial charge in [0.1, 0.15) is 5.82 Å². The molecule has 3 aromatic rings. The van der Waals surface area contributed by atoms with E-state index in [4.69, 9.17) is 37.9 Å². The second kappa shape index (κ2) is 28.5. The van der Waals surface area contributed by atoms with Crippen molar-refractivity contribution >= 4 is 72.1 Å². The molecule has 0 N–H and O–H groups in total. The fraction of sp³-hybridized carbons (Fsp3) is 0.650. The van der Waals surface area contributed by atoms with E-state index in [1.807, 2.05) is 24.8 Å². The van der Waals surface area contributed by atoms with Crippen molar-refractivity contribution in [2.45, 2.75) is 145 Å². The van der Waals surface area contributed by atoms with Gasteiger partial charge in [-0.1, -0.05) is 48.9 Å². The summed E-state index contributed by atoms with van der Waals surface area (Å²) in [6, 6.07) is 15.9. The summed E-state index contributed by atoms with van der Waals surface area (Å²) in [5, 5.41) is 10.1. The Kier molecular flexibility index (Phi) is 22.0. The highest BCUT2D eigenvalue weighted by Crippen LogP contribution is 2.39. The molecule has 10 rings (SSSR count). The predicted octanol–water partition coefficient (Wildman–Crippen LogP) is 9.66. The van der Waals surface area contributed by atoms with Gasteiger partial charge in [0.15, 0.2) is 19.7 Å². The summed E-state index contributed by atoms with van der Waals surface area (Å²) in [6.45, 7) is 20.1. The first-order chi connectivity index (χ1) is 39.2. The first-order valence-corrected chi connectivity index (χ1v) is 34.2. The zero-order valence-corrected chi connectivity index (χ0v) is 52.1. The number of piperidine rings is 2. The summed E-state index contributed by atoms with van der Waals surface area (Å²) >= 11 is 12.9. The third-order valence-electron chi connectivity index (χ3n) is 17.9. The highest BCUT2D eigenvalue weighted by molar-refractivity contribution is 7.91. The Morgan fingerprint density at radius 1 is 0.549 bits per heavy atom. The standard InChI is InChI=1S/C21H27FN4O2.C20H30ClN3O4S.C19H29ClN2O2S/c1-2-28-21(27)26-16-4-5-17(26)13-18(12-16)24-7-9-25(10-8-24)20-6-3-15(14-23)11-19(20)22;1-4-28-20(25)24-7-5-16(6-8-24)22-9-11-23(12-10-22)18-14-19(29(3,26)27)15(2)13-17(18)21;1-15-13-17(20)18(14-19(15)25(2,23)24)22-11-9-21(10-12-22)16-7-5-3-4-6-8-16/h3,6,11,16-18H,2,4-5,7-10,12-13H2,1H3;13-14,16H,4-12H2,1-3H3;13-14,16H,3-12H2,1-2H3. The van der Waals surface area contributed by atoms with Crippen LogP contribution in [0.25, 0.3) is 0 Å². The first kappa shape index (κ1) is 63.4. The second-order valence-electron chi connectivity index (χ2n) is 23.2. The SMILES string of the molecule is CCOC(=O)N1C2CCC1CC(N1CCN(c3ccc(C#N)cc3F)CC1)C2.CCOC(=O)N1CCC(N2CCN(c3cc(S(C)(=O)=O)c(C)cc3Cl)CC2)CC1.Cc1cc(Cl)c(N2CCN(C3CCCCCC3)CC2)cc1S(C)(=O)=O. The molecule has 3 aromatic carbocycles. The number of hydrogen-bond donors (Lipinski definition) is 0. The molecule has 2 bridgehead atoms. The number of ether oxygens (including phenoxy) is 2. The van der Waals surface area contributed by atoms with Crippen molar-refractivity contribution in [2.75, 3.05) is 132 Å². The van der Waals surface area contributed by atoms with Gasteiger partial charge >= 0.3 is 12.2 Å². The van der Waals surface area contributed by atoms with Crippen molar-refractivity contribution in [1.29, 1.82) is 5.26 Å². The zero-order chi connectivity index (χ0) is 58.9. The van der Waals surface area contributed by atoms with Crippen LogP contribution in [0.4, 0.5) is 31.0 Å². The molecule has 17 nitrogen and oxygen atoms in total. The van der Waals surface area contributed by atoms with E-state index in [9.17, 15) is 30.8 Å². The first-order valence-electron chi connectivity index (χ1n) is 29.7. The van der Waals surface area contributed by atoms with Gasteiger partial charge in [-0.25, -0.2) is 30.8 Å². The van der Waals surface area contributed by atoms with E-state index in [2.05, 4.69) is 29.4 Å². The fourth-order valence-electron chi connectivity index (χ4n) is 13.6. The molecule has 0 spiro atoms. The Labute approximate surface area is 497 Å². The molecular formula is C60H86Cl2FN9O8S2. The van der Waals surface area contributed by atoms with E-state index < -0.39 is 19.7 Å². The molecular weight excluding hydrogens is 1130 g/mol. The lowest BCUT2D eigenvalue weighted by Crippen LogP contribution is -2.56. The second-order valence-corrected chi connectivity index (χ2v) is 28.0. The van der Waals surface area contributed by atoms with Gasteiger partial charge in [-0.3, -0.25) is 14.7 Å². The van der Waals surface area contributed by atoms with Crippen molar-refractivity contribution in [1.82, 2.24) is 24.5 Å². The minimum Gasteiger partial charge on any atom is -0.450 e. The van der Waals surface area contributed by atoms with Crippen LogP contribution in [0.2, 0.25) is 10.0 Å². The van der Waals surface area contributed by atoms with Crippen LogP contribution in [0, 0.1) is 31.0 Å². The lowest BCUT2D eigenvalue weighted by atomic mass is 9.95. The molecule has 6 heterocycles. The van der Waals surface area contributed by atoms with Crippen molar-refractivity contribution in [3.63, 3.8) is 0 Å². The number of anilines is 3. The third kappa shape index (κ3) is 15.8. The Balaban J connectivity index is 0.000000161. The summed E-state index contributed by atoms with van der Waals surface area (Å²) in [7, 11) is -6.53. The van der Waals surface area contributed by atoms with Crippen molar-refractivity contribution < 1.29 is 40.3 Å². The van der Waals surface area contributed by atoms with Crippen LogP contribution >= 0.6 is 23.2 Å². The number of sulfone groups is 2. The van der Waals surface area contributed by atoms with Crippen LogP contribution in [0.15, 0.2) is 52.3 Å². The molecule has 1 saturated carbocycles. The zero-order valence-electron chi connectivity index (χ0n) is 49.0. The Bertz CT molecular complexity index is 2940. The molecule has 22 heteroatoms. The summed E-state index contributed by atoms with van der Waals surface area (Å²) in [6.07, 6.45) is 16.3. The van der Waals surface area contributed by atoms with E-state index in [0.29, 0.717) is 67.5 Å². The third-order valence-corrected chi connectivity index (χ3v) is 21.0. The van der Waals surface area contributed by atoms with Gasteiger partial charge in [0.25, 0.3) is 0 Å². The lowest BCUT2D eigenvalue weighted by Gasteiger charge is -2.45. The van der Waals surface area contributed by atoms with Gasteiger partial charge < -0.3 is 34.0 Å². The smallest absolute Gasteiger partial charge is 0.410 e. The molecule has 2 amide bonds. The topological polar surface area (TPSA) is 171 Å². The number of hydrogen-bond acceptors (Lipinski definition) is 15. The van der Waals surface area contributed by atoms with E-state index in [-0.39, 0.29) is 30.1 Å². The van der Waals surface area contributed by atoms with Gasteiger partial charge in [-0.15, -0.1) is 0 Å². The Morgan fingerprint density at radius 3 is 1.38 bits per heavy atom. The fourth-order valence-corrected chi connectivity index (χ4v) is 16.2. The molecule has 82 heavy (non-hydrogen) atoms. The molecule has 6 saturated heterocycles. The number of nitriles is 1. The molecule has 452 valence electrons. The summed E-state index contributed by atoms with van der Waals surface area (Å²) in [4.78, 5) is 42.7. The average molecular weight is 1220 g/mol. The highest BCUT2D eigenvalue weighted by Gasteiger charge is 2.46. The van der Waals surface area contributed by atoms with E-state index >= 15 is 0 Å². The lowest BCUT2D eigenvalue weighted by molar-refractivity contribution is 0.0396. The van der Waals surface area contributed by atoms with Crippen LogP contribution in [-0.4, -0.2) is 201 Å². The maximum Gasteiger partial charge on any atom is 0.410 e. The Hall–Kier alpha value is -4.62. The minimum absolute atomic E-state index is 0.158. The molecule has 0 aromatic heterocycles. The molecule has 7 aliphatic rings. The van der Waals surface area contributed by atoms with Crippen LogP contribution in [0.5, 0.6) is 0 Å². The molecule has 0 radical (unpaired) electrons. The van der Waals surface area contributed by atoms with Crippen LogP contribution < -0.4 is 14.7 Å². The number of aryl methyl sites for hydroxylation is 2. The highest BCUT2D eigenvalue weighted by atomic mass is 35.5.